The Morgan fingerprint density at radius 2 is 2.10 bits per heavy atom. The van der Waals surface area contributed by atoms with Crippen LogP contribution in [0.1, 0.15) is 31.4 Å². The third kappa shape index (κ3) is 2.82. The minimum absolute atomic E-state index is 0.568. The Kier molecular flexibility index (Phi) is 3.96. The van der Waals surface area contributed by atoms with Crippen molar-refractivity contribution < 1.29 is 0 Å². The van der Waals surface area contributed by atoms with Gasteiger partial charge in [0, 0.05) is 31.5 Å². The van der Waals surface area contributed by atoms with Crippen LogP contribution in [0.2, 0.25) is 0 Å². The van der Waals surface area contributed by atoms with Gasteiger partial charge >= 0.3 is 0 Å². The molecule has 0 aliphatic carbocycles. The molecule has 1 saturated heterocycles. The van der Waals surface area contributed by atoms with Crippen LogP contribution in [0.4, 0.5) is 5.82 Å². The van der Waals surface area contributed by atoms with Gasteiger partial charge in [0.25, 0.3) is 0 Å². The van der Waals surface area contributed by atoms with Crippen molar-refractivity contribution in [3.05, 3.63) is 36.4 Å². The smallest absolute Gasteiger partial charge is 0.130 e. The molecular formula is C15H20N4S. The average molecular weight is 288 g/mol. The van der Waals surface area contributed by atoms with Gasteiger partial charge in [-0.2, -0.15) is 0 Å². The first-order valence-corrected chi connectivity index (χ1v) is 7.63. The summed E-state index contributed by atoms with van der Waals surface area (Å²) >= 11 is 4.41. The van der Waals surface area contributed by atoms with Gasteiger partial charge in [-0.25, -0.2) is 9.97 Å². The second-order valence-corrected chi connectivity index (χ2v) is 5.73. The standard InChI is InChI=1S/C15H20N4S/c1-2-12-9-14(17-15(20)10-12)18-6-3-13(4-7-18)19-8-5-16-11-19/h5,8-11,13H,2-4,6-7H2,1H3,(H,17,20). The van der Waals surface area contributed by atoms with Gasteiger partial charge in [0.05, 0.1) is 11.4 Å². The molecule has 0 spiro atoms. The van der Waals surface area contributed by atoms with E-state index in [1.54, 1.807) is 0 Å². The zero-order valence-electron chi connectivity index (χ0n) is 11.7. The third-order valence-corrected chi connectivity index (χ3v) is 4.23. The molecule has 1 aliphatic heterocycles. The summed E-state index contributed by atoms with van der Waals surface area (Å²) in [4.78, 5) is 11.1. The predicted octanol–water partition coefficient (Wildman–Crippen LogP) is 2.97. The molecule has 5 heteroatoms. The maximum atomic E-state index is 4.56. The molecule has 2 aromatic rings. The highest BCUT2D eigenvalue weighted by atomic mass is 32.1. The Hall–Kier alpha value is -1.49. The van der Waals surface area contributed by atoms with Gasteiger partial charge in [-0.1, -0.05) is 6.92 Å². The normalized spacial score (nSPS) is 16.6. The van der Waals surface area contributed by atoms with Gasteiger partial charge in [0.2, 0.25) is 0 Å². The summed E-state index contributed by atoms with van der Waals surface area (Å²) in [7, 11) is 0. The van der Waals surface area contributed by atoms with Crippen molar-refractivity contribution in [3.8, 4) is 0 Å². The van der Waals surface area contributed by atoms with Crippen LogP contribution in [0.25, 0.3) is 0 Å². The molecule has 1 aliphatic rings. The SMILES string of the molecule is CCc1cc(S)nc(N2CCC(n3ccnc3)CC2)c1. The summed E-state index contributed by atoms with van der Waals surface area (Å²) < 4.78 is 2.22. The van der Waals surface area contributed by atoms with Crippen LogP contribution in [0.5, 0.6) is 0 Å². The Balaban J connectivity index is 1.70. The van der Waals surface area contributed by atoms with Crippen molar-refractivity contribution >= 4 is 18.4 Å². The molecule has 106 valence electrons. The van der Waals surface area contributed by atoms with Crippen molar-refractivity contribution in [2.24, 2.45) is 0 Å². The lowest BCUT2D eigenvalue weighted by Crippen LogP contribution is -2.35. The number of rotatable bonds is 3. The molecule has 20 heavy (non-hydrogen) atoms. The van der Waals surface area contributed by atoms with Gasteiger partial charge < -0.3 is 9.47 Å². The van der Waals surface area contributed by atoms with Crippen molar-refractivity contribution in [1.29, 1.82) is 0 Å². The predicted molar refractivity (Wildman–Crippen MR) is 83.6 cm³/mol. The first-order valence-electron chi connectivity index (χ1n) is 7.18. The lowest BCUT2D eigenvalue weighted by molar-refractivity contribution is 0.394. The number of pyridine rings is 1. The van der Waals surface area contributed by atoms with Crippen LogP contribution in [-0.2, 0) is 6.42 Å². The second kappa shape index (κ2) is 5.87. The summed E-state index contributed by atoms with van der Waals surface area (Å²) in [5.74, 6) is 1.07. The zero-order chi connectivity index (χ0) is 13.9. The Labute approximate surface area is 125 Å². The second-order valence-electron chi connectivity index (χ2n) is 5.27. The molecule has 0 bridgehead atoms. The molecule has 0 unspecified atom stereocenters. The van der Waals surface area contributed by atoms with Crippen LogP contribution >= 0.6 is 12.6 Å². The summed E-state index contributed by atoms with van der Waals surface area (Å²) in [5, 5.41) is 0.816. The fourth-order valence-electron chi connectivity index (χ4n) is 2.80. The van der Waals surface area contributed by atoms with E-state index in [1.165, 1.54) is 5.56 Å². The molecule has 0 radical (unpaired) electrons. The fourth-order valence-corrected chi connectivity index (χ4v) is 3.07. The zero-order valence-corrected chi connectivity index (χ0v) is 12.6. The highest BCUT2D eigenvalue weighted by molar-refractivity contribution is 7.80. The van der Waals surface area contributed by atoms with E-state index in [0.717, 1.165) is 43.2 Å². The van der Waals surface area contributed by atoms with E-state index in [1.807, 2.05) is 18.6 Å². The molecule has 3 heterocycles. The van der Waals surface area contributed by atoms with Crippen molar-refractivity contribution in [2.75, 3.05) is 18.0 Å². The number of aromatic nitrogens is 3. The Morgan fingerprint density at radius 1 is 1.30 bits per heavy atom. The average Bonchev–Trinajstić information content (AvgIpc) is 3.01. The largest absolute Gasteiger partial charge is 0.356 e. The molecule has 3 rings (SSSR count). The molecule has 1 fully saturated rings. The minimum Gasteiger partial charge on any atom is -0.356 e. The lowest BCUT2D eigenvalue weighted by atomic mass is 10.0. The van der Waals surface area contributed by atoms with Gasteiger partial charge in [-0.05, 0) is 37.0 Å². The van der Waals surface area contributed by atoms with Gasteiger partial charge in [-0.3, -0.25) is 0 Å². The molecule has 0 amide bonds. The Bertz CT molecular complexity index is 559. The molecule has 2 aromatic heterocycles. The maximum Gasteiger partial charge on any atom is 0.130 e. The van der Waals surface area contributed by atoms with E-state index in [4.69, 9.17) is 0 Å². The van der Waals surface area contributed by atoms with E-state index in [0.29, 0.717) is 6.04 Å². The summed E-state index contributed by atoms with van der Waals surface area (Å²) in [6, 6.07) is 4.81. The Morgan fingerprint density at radius 3 is 2.75 bits per heavy atom. The van der Waals surface area contributed by atoms with Gasteiger partial charge in [0.1, 0.15) is 5.82 Å². The molecule has 0 atom stereocenters. The molecule has 0 aromatic carbocycles. The molecule has 0 saturated carbocycles. The number of thiol groups is 1. The number of hydrogen-bond donors (Lipinski definition) is 1. The van der Waals surface area contributed by atoms with Crippen LogP contribution < -0.4 is 4.90 Å². The van der Waals surface area contributed by atoms with Crippen molar-refractivity contribution in [1.82, 2.24) is 14.5 Å². The van der Waals surface area contributed by atoms with Gasteiger partial charge in [0.15, 0.2) is 0 Å². The number of piperidine rings is 1. The van der Waals surface area contributed by atoms with Crippen LogP contribution in [0.15, 0.2) is 35.9 Å². The summed E-state index contributed by atoms with van der Waals surface area (Å²) in [6.07, 6.45) is 9.12. The van der Waals surface area contributed by atoms with E-state index >= 15 is 0 Å². The van der Waals surface area contributed by atoms with E-state index in [-0.39, 0.29) is 0 Å². The summed E-state index contributed by atoms with van der Waals surface area (Å²) in [5.41, 5.74) is 1.30. The van der Waals surface area contributed by atoms with E-state index in [2.05, 4.69) is 51.3 Å². The molecule has 4 nitrogen and oxygen atoms in total. The number of aryl methyl sites for hydroxylation is 1. The van der Waals surface area contributed by atoms with Crippen LogP contribution in [-0.4, -0.2) is 27.6 Å². The first-order chi connectivity index (χ1) is 9.76. The monoisotopic (exact) mass is 288 g/mol. The quantitative estimate of drug-likeness (QED) is 0.882. The molecular weight excluding hydrogens is 268 g/mol. The number of anilines is 1. The highest BCUT2D eigenvalue weighted by Gasteiger charge is 2.21. The minimum atomic E-state index is 0.568. The highest BCUT2D eigenvalue weighted by Crippen LogP contribution is 2.26. The third-order valence-electron chi connectivity index (χ3n) is 4.00. The fraction of sp³-hybridized carbons (Fsp3) is 0.467. The van der Waals surface area contributed by atoms with Crippen LogP contribution in [0, 0.1) is 0 Å². The maximum absolute atomic E-state index is 4.56. The van der Waals surface area contributed by atoms with Gasteiger partial charge in [-0.15, -0.1) is 12.6 Å². The summed E-state index contributed by atoms with van der Waals surface area (Å²) in [6.45, 7) is 4.24. The molecule has 0 N–H and O–H groups in total. The van der Waals surface area contributed by atoms with E-state index in [9.17, 15) is 0 Å². The van der Waals surface area contributed by atoms with Crippen molar-refractivity contribution in [2.45, 2.75) is 37.3 Å². The lowest BCUT2D eigenvalue weighted by Gasteiger charge is -2.33. The van der Waals surface area contributed by atoms with Crippen LogP contribution in [0.3, 0.4) is 0 Å². The number of hydrogen-bond acceptors (Lipinski definition) is 4. The number of imidazole rings is 1. The van der Waals surface area contributed by atoms with E-state index < -0.39 is 0 Å². The number of nitrogens with zero attached hydrogens (tertiary/aromatic N) is 4. The first kappa shape index (κ1) is 13.5. The topological polar surface area (TPSA) is 34.0 Å². The van der Waals surface area contributed by atoms with Crippen molar-refractivity contribution in [3.63, 3.8) is 0 Å².